The van der Waals surface area contributed by atoms with E-state index in [4.69, 9.17) is 4.74 Å². The van der Waals surface area contributed by atoms with Crippen LogP contribution in [0.15, 0.2) is 91.1 Å². The lowest BCUT2D eigenvalue weighted by molar-refractivity contribution is -0.384. The quantitative estimate of drug-likeness (QED) is 0.436. The Bertz CT molecular complexity index is 1240. The van der Waals surface area contributed by atoms with Crippen LogP contribution in [0.1, 0.15) is 28.8 Å². The minimum Gasteiger partial charge on any atom is -0.497 e. The molecule has 0 aliphatic carbocycles. The molecule has 2 unspecified atom stereocenters. The minimum absolute atomic E-state index is 0.118. The lowest BCUT2D eigenvalue weighted by atomic mass is 9.77. The number of hydrogen-bond donors (Lipinski definition) is 1. The zero-order valence-corrected chi connectivity index (χ0v) is 18.7. The van der Waals surface area contributed by atoms with Gasteiger partial charge in [-0.25, -0.2) is 0 Å². The van der Waals surface area contributed by atoms with Gasteiger partial charge in [-0.3, -0.25) is 24.6 Å². The number of nitro benzene ring substituents is 1. The topological polar surface area (TPSA) is 102 Å². The maximum absolute atomic E-state index is 13.8. The number of hydrogen-bond acceptors (Lipinski definition) is 5. The number of nitro groups is 1. The van der Waals surface area contributed by atoms with Gasteiger partial charge in [0.05, 0.1) is 12.0 Å². The molecule has 1 heterocycles. The lowest BCUT2D eigenvalue weighted by Crippen LogP contribution is -2.61. The molecule has 8 heteroatoms. The Morgan fingerprint density at radius 2 is 1.68 bits per heavy atom. The molecular weight excluding hydrogens is 434 g/mol. The van der Waals surface area contributed by atoms with E-state index in [-0.39, 0.29) is 17.2 Å². The molecule has 1 aliphatic rings. The average Bonchev–Trinajstić information content (AvgIpc) is 2.86. The van der Waals surface area contributed by atoms with Gasteiger partial charge in [-0.2, -0.15) is 0 Å². The summed E-state index contributed by atoms with van der Waals surface area (Å²) in [6.07, 6.45) is 3.60. The first kappa shape index (κ1) is 22.7. The smallest absolute Gasteiger partial charge is 0.269 e. The number of nitrogens with one attached hydrogen (secondary N) is 1. The first-order valence-corrected chi connectivity index (χ1v) is 10.6. The molecule has 34 heavy (non-hydrogen) atoms. The Hall–Kier alpha value is -4.46. The van der Waals surface area contributed by atoms with Gasteiger partial charge in [-0.1, -0.05) is 36.4 Å². The second kappa shape index (κ2) is 9.19. The molecule has 3 aromatic carbocycles. The number of ether oxygens (including phenoxy) is 1. The number of carbonyl (C=O) groups is 2. The van der Waals surface area contributed by atoms with Crippen LogP contribution in [0.25, 0.3) is 0 Å². The summed E-state index contributed by atoms with van der Waals surface area (Å²) in [4.78, 5) is 38.9. The summed E-state index contributed by atoms with van der Waals surface area (Å²) in [6, 6.07) is 21.8. The van der Waals surface area contributed by atoms with Crippen LogP contribution in [-0.4, -0.2) is 29.4 Å². The van der Waals surface area contributed by atoms with E-state index in [1.54, 1.807) is 44.5 Å². The predicted octanol–water partition coefficient (Wildman–Crippen LogP) is 4.44. The first-order chi connectivity index (χ1) is 16.3. The Morgan fingerprint density at radius 3 is 2.26 bits per heavy atom. The molecule has 1 N–H and O–H groups in total. The van der Waals surface area contributed by atoms with Crippen molar-refractivity contribution < 1.29 is 19.2 Å². The van der Waals surface area contributed by atoms with Crippen LogP contribution >= 0.6 is 0 Å². The number of nitrogens with zero attached hydrogens (tertiary/aromatic N) is 2. The number of methoxy groups -OCH3 is 1. The Morgan fingerprint density at radius 1 is 1.03 bits per heavy atom. The molecule has 4 rings (SSSR count). The van der Waals surface area contributed by atoms with Crippen molar-refractivity contribution in [3.63, 3.8) is 0 Å². The number of anilines is 1. The molecule has 2 amide bonds. The maximum Gasteiger partial charge on any atom is 0.269 e. The Labute approximate surface area is 196 Å². The van der Waals surface area contributed by atoms with E-state index in [0.717, 1.165) is 5.56 Å². The molecule has 0 aromatic heterocycles. The molecule has 0 radical (unpaired) electrons. The summed E-state index contributed by atoms with van der Waals surface area (Å²) >= 11 is 0. The van der Waals surface area contributed by atoms with E-state index in [2.05, 4.69) is 5.32 Å². The van der Waals surface area contributed by atoms with Crippen molar-refractivity contribution in [2.24, 2.45) is 0 Å². The zero-order valence-electron chi connectivity index (χ0n) is 18.7. The molecule has 1 aliphatic heterocycles. The van der Waals surface area contributed by atoms with Crippen LogP contribution in [0.3, 0.4) is 0 Å². The van der Waals surface area contributed by atoms with Crippen LogP contribution in [0, 0.1) is 10.1 Å². The van der Waals surface area contributed by atoms with Crippen LogP contribution < -0.4 is 15.0 Å². The van der Waals surface area contributed by atoms with Gasteiger partial charge < -0.3 is 10.1 Å². The molecular formula is C26H23N3O5. The highest BCUT2D eigenvalue weighted by Crippen LogP contribution is 2.37. The fourth-order valence-corrected chi connectivity index (χ4v) is 4.04. The maximum atomic E-state index is 13.8. The van der Waals surface area contributed by atoms with E-state index in [1.165, 1.54) is 29.2 Å². The van der Waals surface area contributed by atoms with Crippen molar-refractivity contribution in [1.29, 1.82) is 0 Å². The lowest BCUT2D eigenvalue weighted by Gasteiger charge is -2.42. The van der Waals surface area contributed by atoms with Crippen molar-refractivity contribution in [2.45, 2.75) is 18.4 Å². The Balaban J connectivity index is 1.71. The third kappa shape index (κ3) is 4.25. The largest absolute Gasteiger partial charge is 0.497 e. The Kier molecular flexibility index (Phi) is 6.14. The summed E-state index contributed by atoms with van der Waals surface area (Å²) in [6.45, 7) is 1.69. The molecule has 3 aromatic rings. The van der Waals surface area contributed by atoms with E-state index >= 15 is 0 Å². The highest BCUT2D eigenvalue weighted by molar-refractivity contribution is 6.07. The third-order valence-corrected chi connectivity index (χ3v) is 5.94. The van der Waals surface area contributed by atoms with E-state index in [1.807, 2.05) is 36.4 Å². The fraction of sp³-hybridized carbons (Fsp3) is 0.154. The van der Waals surface area contributed by atoms with Gasteiger partial charge in [0.2, 0.25) is 0 Å². The SMILES string of the molecule is COc1ccc(N2C=CC(c3ccccc3)C(C)(NC(=O)c3ccc([N+](=O)[O-])cc3)C2=O)cc1. The number of rotatable bonds is 6. The highest BCUT2D eigenvalue weighted by atomic mass is 16.6. The standard InChI is InChI=1S/C26H23N3O5/c1-26(27-24(30)19-8-10-21(11-9-19)29(32)33)23(18-6-4-3-5-7-18)16-17-28(25(26)31)20-12-14-22(34-2)15-13-20/h3-17,23H,1-2H3,(H,27,30). The number of amides is 2. The molecule has 0 saturated carbocycles. The van der Waals surface area contributed by atoms with Gasteiger partial charge in [-0.05, 0) is 48.9 Å². The van der Waals surface area contributed by atoms with Gasteiger partial charge >= 0.3 is 0 Å². The van der Waals surface area contributed by atoms with Crippen LogP contribution in [0.5, 0.6) is 5.75 Å². The number of carbonyl (C=O) groups excluding carboxylic acids is 2. The summed E-state index contributed by atoms with van der Waals surface area (Å²) in [5.41, 5.74) is 0.274. The van der Waals surface area contributed by atoms with Crippen LogP contribution in [-0.2, 0) is 4.79 Å². The molecule has 0 bridgehead atoms. The monoisotopic (exact) mass is 457 g/mol. The van der Waals surface area contributed by atoms with Gasteiger partial charge in [0, 0.05) is 35.5 Å². The molecule has 2 atom stereocenters. The molecule has 8 nitrogen and oxygen atoms in total. The minimum atomic E-state index is -1.32. The first-order valence-electron chi connectivity index (χ1n) is 10.6. The van der Waals surface area contributed by atoms with Crippen molar-refractivity contribution in [3.05, 3.63) is 112 Å². The van der Waals surface area contributed by atoms with E-state index in [9.17, 15) is 19.7 Å². The van der Waals surface area contributed by atoms with E-state index in [0.29, 0.717) is 11.4 Å². The van der Waals surface area contributed by atoms with Crippen LogP contribution in [0.2, 0.25) is 0 Å². The van der Waals surface area contributed by atoms with Crippen molar-refractivity contribution >= 4 is 23.2 Å². The van der Waals surface area contributed by atoms with Gasteiger partial charge in [0.1, 0.15) is 11.3 Å². The summed E-state index contributed by atoms with van der Waals surface area (Å²) in [5.74, 6) is -0.591. The van der Waals surface area contributed by atoms with Crippen molar-refractivity contribution in [2.75, 3.05) is 12.0 Å². The fourth-order valence-electron chi connectivity index (χ4n) is 4.04. The molecule has 0 spiro atoms. The summed E-state index contributed by atoms with van der Waals surface area (Å²) in [5, 5.41) is 13.8. The second-order valence-electron chi connectivity index (χ2n) is 8.06. The molecule has 0 saturated heterocycles. The van der Waals surface area contributed by atoms with Gasteiger partial charge in [-0.15, -0.1) is 0 Å². The molecule has 0 fully saturated rings. The highest BCUT2D eigenvalue weighted by Gasteiger charge is 2.47. The number of benzene rings is 3. The van der Waals surface area contributed by atoms with Crippen molar-refractivity contribution in [1.82, 2.24) is 5.32 Å². The van der Waals surface area contributed by atoms with Gasteiger partial charge in [0.25, 0.3) is 17.5 Å². The normalized spacial score (nSPS) is 19.5. The predicted molar refractivity (Wildman–Crippen MR) is 128 cm³/mol. The third-order valence-electron chi connectivity index (χ3n) is 5.94. The van der Waals surface area contributed by atoms with Gasteiger partial charge in [0.15, 0.2) is 0 Å². The second-order valence-corrected chi connectivity index (χ2v) is 8.06. The number of non-ortho nitro benzene ring substituents is 1. The van der Waals surface area contributed by atoms with Crippen molar-refractivity contribution in [3.8, 4) is 5.75 Å². The molecule has 172 valence electrons. The van der Waals surface area contributed by atoms with E-state index < -0.39 is 22.3 Å². The average molecular weight is 457 g/mol. The summed E-state index contributed by atoms with van der Waals surface area (Å²) in [7, 11) is 1.57. The van der Waals surface area contributed by atoms with Crippen LogP contribution in [0.4, 0.5) is 11.4 Å². The zero-order chi connectivity index (χ0) is 24.3. The summed E-state index contributed by atoms with van der Waals surface area (Å²) < 4.78 is 5.20.